The molecule has 62 valence electrons. The van der Waals surface area contributed by atoms with Crippen LogP contribution in [-0.4, -0.2) is 22.8 Å². The van der Waals surface area contributed by atoms with Crippen LogP contribution in [0.5, 0.6) is 0 Å². The number of thiol groups is 2. The minimum absolute atomic E-state index is 0.220. The van der Waals surface area contributed by atoms with E-state index in [1.54, 1.807) is 6.92 Å². The molecule has 0 aromatic rings. The smallest absolute Gasteiger partial charge is 0.264 e. The van der Waals surface area contributed by atoms with E-state index in [4.69, 9.17) is 4.55 Å². The summed E-state index contributed by atoms with van der Waals surface area (Å²) >= 11 is 7.91. The minimum Gasteiger partial charge on any atom is -0.286 e. The topological polar surface area (TPSA) is 54.4 Å². The monoisotopic (exact) mass is 202 g/mol. The highest BCUT2D eigenvalue weighted by Gasteiger charge is 2.16. The van der Waals surface area contributed by atoms with E-state index in [9.17, 15) is 8.42 Å². The Hall–Kier alpha value is 0.610. The molecule has 0 radical (unpaired) electrons. The Morgan fingerprint density at radius 2 is 1.90 bits per heavy atom. The second-order valence-electron chi connectivity index (χ2n) is 2.25. The highest BCUT2D eigenvalue weighted by Crippen LogP contribution is 2.22. The van der Waals surface area contributed by atoms with Gasteiger partial charge in [0, 0.05) is 0 Å². The van der Waals surface area contributed by atoms with Gasteiger partial charge >= 0.3 is 0 Å². The van der Waals surface area contributed by atoms with Crippen LogP contribution in [0.25, 0.3) is 0 Å². The van der Waals surface area contributed by atoms with E-state index in [2.05, 4.69) is 25.3 Å². The van der Waals surface area contributed by atoms with Gasteiger partial charge in [-0.15, -0.1) is 0 Å². The Kier molecular flexibility index (Phi) is 3.54. The molecule has 0 heterocycles. The molecule has 0 atom stereocenters. The van der Waals surface area contributed by atoms with Crippen molar-refractivity contribution < 1.29 is 13.0 Å². The van der Waals surface area contributed by atoms with Crippen molar-refractivity contribution in [3.05, 3.63) is 0 Å². The first-order chi connectivity index (χ1) is 4.21. The van der Waals surface area contributed by atoms with Crippen LogP contribution >= 0.6 is 25.3 Å². The highest BCUT2D eigenvalue weighted by atomic mass is 32.2. The molecule has 0 aliphatic carbocycles. The summed E-state index contributed by atoms with van der Waals surface area (Å²) in [5.74, 6) is -0.295. The molecule has 1 N–H and O–H groups in total. The third kappa shape index (κ3) is 8.61. The van der Waals surface area contributed by atoms with Gasteiger partial charge in [0.05, 0.1) is 9.83 Å². The van der Waals surface area contributed by atoms with Gasteiger partial charge in [-0.2, -0.15) is 33.7 Å². The van der Waals surface area contributed by atoms with E-state index in [1.807, 2.05) is 0 Å². The van der Waals surface area contributed by atoms with Crippen molar-refractivity contribution in [3.8, 4) is 0 Å². The predicted molar refractivity (Wildman–Crippen MR) is 47.4 cm³/mol. The average molecular weight is 202 g/mol. The molecular formula is C4H10O3S3. The number of hydrogen-bond acceptors (Lipinski definition) is 4. The summed E-state index contributed by atoms with van der Waals surface area (Å²) in [5, 5.41) is 0. The van der Waals surface area contributed by atoms with Gasteiger partial charge in [-0.1, -0.05) is 0 Å². The Bertz CT molecular complexity index is 188. The molecule has 0 amide bonds. The molecular weight excluding hydrogens is 192 g/mol. The molecule has 6 heteroatoms. The standard InChI is InChI=1S/C4H10O3S3/c1-4(8,9)2-3-10(5,6)7/h8-9H,2-3H2,1H3,(H,5,6,7). The van der Waals surface area contributed by atoms with Crippen LogP contribution in [0.15, 0.2) is 0 Å². The van der Waals surface area contributed by atoms with Gasteiger partial charge in [0.1, 0.15) is 0 Å². The first kappa shape index (κ1) is 10.6. The van der Waals surface area contributed by atoms with Crippen molar-refractivity contribution in [1.82, 2.24) is 0 Å². The first-order valence-corrected chi connectivity index (χ1v) is 5.11. The summed E-state index contributed by atoms with van der Waals surface area (Å²) in [6.07, 6.45) is 0.220. The zero-order valence-corrected chi connectivity index (χ0v) is 8.09. The van der Waals surface area contributed by atoms with Gasteiger partial charge in [-0.25, -0.2) is 0 Å². The zero-order valence-electron chi connectivity index (χ0n) is 5.48. The lowest BCUT2D eigenvalue weighted by molar-refractivity contribution is 0.480. The van der Waals surface area contributed by atoms with Crippen LogP contribution in [-0.2, 0) is 10.1 Å². The molecule has 3 nitrogen and oxygen atoms in total. The lowest BCUT2D eigenvalue weighted by Crippen LogP contribution is -2.14. The maximum Gasteiger partial charge on any atom is 0.264 e. The fraction of sp³-hybridized carbons (Fsp3) is 1.00. The summed E-state index contributed by atoms with van der Waals surface area (Å²) in [4.78, 5) is 0. The van der Waals surface area contributed by atoms with Crippen molar-refractivity contribution in [2.24, 2.45) is 0 Å². The number of hydrogen-bond donors (Lipinski definition) is 3. The summed E-state index contributed by atoms with van der Waals surface area (Å²) in [5.41, 5.74) is 0. The summed E-state index contributed by atoms with van der Waals surface area (Å²) in [6.45, 7) is 1.66. The summed E-state index contributed by atoms with van der Waals surface area (Å²) < 4.78 is 28.0. The Morgan fingerprint density at radius 1 is 1.50 bits per heavy atom. The quantitative estimate of drug-likeness (QED) is 0.361. The van der Waals surface area contributed by atoms with E-state index in [-0.39, 0.29) is 12.2 Å². The molecule has 0 bridgehead atoms. The maximum atomic E-state index is 10.2. The van der Waals surface area contributed by atoms with Gasteiger partial charge in [0.2, 0.25) is 0 Å². The van der Waals surface area contributed by atoms with Gasteiger partial charge in [-0.05, 0) is 13.3 Å². The normalized spacial score (nSPS) is 13.6. The Morgan fingerprint density at radius 3 is 2.00 bits per heavy atom. The molecule has 0 saturated heterocycles. The Labute approximate surface area is 71.8 Å². The molecule has 0 aromatic heterocycles. The van der Waals surface area contributed by atoms with Crippen LogP contribution in [0.2, 0.25) is 0 Å². The molecule has 0 saturated carbocycles. The summed E-state index contributed by atoms with van der Waals surface area (Å²) in [6, 6.07) is 0. The van der Waals surface area contributed by atoms with Crippen molar-refractivity contribution in [2.75, 3.05) is 5.75 Å². The second-order valence-corrected chi connectivity index (χ2v) is 6.15. The van der Waals surface area contributed by atoms with E-state index in [0.717, 1.165) is 0 Å². The fourth-order valence-electron chi connectivity index (χ4n) is 0.322. The molecule has 0 aromatic carbocycles. The molecule has 0 rings (SSSR count). The van der Waals surface area contributed by atoms with Crippen molar-refractivity contribution >= 4 is 35.4 Å². The third-order valence-electron chi connectivity index (χ3n) is 0.834. The van der Waals surface area contributed by atoms with Gasteiger partial charge in [0.15, 0.2) is 0 Å². The molecule has 10 heavy (non-hydrogen) atoms. The minimum atomic E-state index is -3.86. The lowest BCUT2D eigenvalue weighted by Gasteiger charge is -2.13. The second kappa shape index (κ2) is 3.34. The fourth-order valence-corrected chi connectivity index (χ4v) is 1.51. The third-order valence-corrected chi connectivity index (χ3v) is 2.00. The number of rotatable bonds is 3. The molecule has 0 spiro atoms. The van der Waals surface area contributed by atoms with Gasteiger partial charge in [-0.3, -0.25) is 4.55 Å². The van der Waals surface area contributed by atoms with E-state index in [0.29, 0.717) is 0 Å². The molecule has 0 aliphatic heterocycles. The van der Waals surface area contributed by atoms with E-state index >= 15 is 0 Å². The van der Waals surface area contributed by atoms with Crippen molar-refractivity contribution in [3.63, 3.8) is 0 Å². The van der Waals surface area contributed by atoms with Crippen molar-refractivity contribution in [2.45, 2.75) is 17.4 Å². The van der Waals surface area contributed by atoms with Crippen LogP contribution < -0.4 is 0 Å². The van der Waals surface area contributed by atoms with Crippen LogP contribution in [0.4, 0.5) is 0 Å². The maximum absolute atomic E-state index is 10.2. The molecule has 0 unspecified atom stereocenters. The molecule has 0 fully saturated rings. The highest BCUT2D eigenvalue weighted by molar-refractivity contribution is 8.00. The van der Waals surface area contributed by atoms with E-state index in [1.165, 1.54) is 0 Å². The lowest BCUT2D eigenvalue weighted by atomic mass is 10.4. The van der Waals surface area contributed by atoms with Gasteiger partial charge < -0.3 is 0 Å². The van der Waals surface area contributed by atoms with E-state index < -0.39 is 14.2 Å². The summed E-state index contributed by atoms with van der Waals surface area (Å²) in [7, 11) is -3.86. The van der Waals surface area contributed by atoms with Crippen molar-refractivity contribution in [1.29, 1.82) is 0 Å². The average Bonchev–Trinajstić information content (AvgIpc) is 1.57. The predicted octanol–water partition coefficient (Wildman–Crippen LogP) is 0.840. The largest absolute Gasteiger partial charge is 0.286 e. The van der Waals surface area contributed by atoms with Crippen LogP contribution in [0.1, 0.15) is 13.3 Å². The van der Waals surface area contributed by atoms with Crippen LogP contribution in [0.3, 0.4) is 0 Å². The Balaban J connectivity index is 3.79. The SMILES string of the molecule is CC(S)(S)CCS(=O)(=O)O. The van der Waals surface area contributed by atoms with Crippen LogP contribution in [0, 0.1) is 0 Å². The first-order valence-electron chi connectivity index (χ1n) is 2.61. The van der Waals surface area contributed by atoms with Gasteiger partial charge in [0.25, 0.3) is 10.1 Å². The molecule has 0 aliphatic rings. The zero-order chi connectivity index (χ0) is 8.41.